The maximum absolute atomic E-state index is 13.3. The van der Waals surface area contributed by atoms with E-state index in [9.17, 15) is 14.0 Å². The summed E-state index contributed by atoms with van der Waals surface area (Å²) in [7, 11) is 1.60. The lowest BCUT2D eigenvalue weighted by Crippen LogP contribution is -2.35. The molecule has 0 spiro atoms. The molecule has 2 aromatic carbocycles. The predicted molar refractivity (Wildman–Crippen MR) is 118 cm³/mol. The van der Waals surface area contributed by atoms with Crippen LogP contribution in [0.15, 0.2) is 72.9 Å². The number of hydrogen-bond acceptors (Lipinski definition) is 4. The molecule has 2 atom stereocenters. The van der Waals surface area contributed by atoms with Gasteiger partial charge < -0.3 is 15.0 Å². The Kier molecular flexibility index (Phi) is 6.44. The first kappa shape index (κ1) is 21.5. The lowest BCUT2D eigenvalue weighted by atomic mass is 9.88. The Morgan fingerprint density at radius 3 is 2.47 bits per heavy atom. The lowest BCUT2D eigenvalue weighted by molar-refractivity contribution is -0.125. The van der Waals surface area contributed by atoms with Crippen LogP contribution in [0.1, 0.15) is 27.5 Å². The van der Waals surface area contributed by atoms with Crippen LogP contribution in [0.25, 0.3) is 0 Å². The quantitative estimate of drug-likeness (QED) is 0.647. The Labute approximate surface area is 186 Å². The Morgan fingerprint density at radius 2 is 1.81 bits per heavy atom. The summed E-state index contributed by atoms with van der Waals surface area (Å²) in [5.41, 5.74) is 2.12. The van der Waals surface area contributed by atoms with Crippen LogP contribution in [-0.2, 0) is 11.3 Å². The summed E-state index contributed by atoms with van der Waals surface area (Å²) in [6.07, 6.45) is 1.68. The van der Waals surface area contributed by atoms with Crippen molar-refractivity contribution >= 4 is 11.8 Å². The van der Waals surface area contributed by atoms with Gasteiger partial charge in [0.15, 0.2) is 0 Å². The number of benzene rings is 2. The van der Waals surface area contributed by atoms with E-state index in [2.05, 4.69) is 10.3 Å². The predicted octanol–water partition coefficient (Wildman–Crippen LogP) is 3.40. The molecule has 164 valence electrons. The lowest BCUT2D eigenvalue weighted by Gasteiger charge is -2.18. The van der Waals surface area contributed by atoms with Gasteiger partial charge in [0, 0.05) is 30.8 Å². The third-order valence-electron chi connectivity index (χ3n) is 5.75. The second-order valence-corrected chi connectivity index (χ2v) is 7.74. The van der Waals surface area contributed by atoms with E-state index in [1.807, 2.05) is 42.5 Å². The number of pyridine rings is 1. The van der Waals surface area contributed by atoms with Gasteiger partial charge in [-0.25, -0.2) is 4.39 Å². The van der Waals surface area contributed by atoms with Crippen molar-refractivity contribution in [3.05, 3.63) is 95.6 Å². The standard InChI is InChI=1S/C25H24FN3O3/c1-32-21-11-7-17(8-12-21)22-15-29(25(31)18-5-9-19(26)10-6-18)16-23(22)24(30)28-14-20-4-2-3-13-27-20/h2-13,22-23H,14-16H2,1H3,(H,28,30). The Bertz CT molecular complexity index is 1070. The average Bonchev–Trinajstić information content (AvgIpc) is 3.29. The van der Waals surface area contributed by atoms with Gasteiger partial charge in [-0.3, -0.25) is 14.6 Å². The van der Waals surface area contributed by atoms with Gasteiger partial charge in [0.2, 0.25) is 5.91 Å². The molecule has 2 unspecified atom stereocenters. The maximum Gasteiger partial charge on any atom is 0.253 e. The molecule has 4 rings (SSSR count). The minimum absolute atomic E-state index is 0.133. The second-order valence-electron chi connectivity index (χ2n) is 7.74. The van der Waals surface area contributed by atoms with Crippen molar-refractivity contribution in [2.75, 3.05) is 20.2 Å². The summed E-state index contributed by atoms with van der Waals surface area (Å²) in [5.74, 6) is -0.618. The number of carbonyl (C=O) groups is 2. The Balaban J connectivity index is 1.54. The number of amides is 2. The molecule has 32 heavy (non-hydrogen) atoms. The fourth-order valence-corrected chi connectivity index (χ4v) is 4.01. The van der Waals surface area contributed by atoms with E-state index in [0.29, 0.717) is 18.7 Å². The molecular formula is C25H24FN3O3. The minimum atomic E-state index is -0.420. The van der Waals surface area contributed by atoms with Gasteiger partial charge in [-0.15, -0.1) is 0 Å². The Hall–Kier alpha value is -3.74. The average molecular weight is 433 g/mol. The molecule has 2 heterocycles. The molecule has 2 amide bonds. The fourth-order valence-electron chi connectivity index (χ4n) is 4.01. The number of carbonyl (C=O) groups excluding carboxylic acids is 2. The molecule has 0 saturated carbocycles. The number of likely N-dealkylation sites (tertiary alicyclic amines) is 1. The largest absolute Gasteiger partial charge is 0.497 e. The molecule has 1 saturated heterocycles. The highest BCUT2D eigenvalue weighted by molar-refractivity contribution is 5.95. The molecule has 0 aliphatic carbocycles. The molecule has 1 N–H and O–H groups in total. The number of methoxy groups -OCH3 is 1. The highest BCUT2D eigenvalue weighted by Crippen LogP contribution is 2.34. The van der Waals surface area contributed by atoms with E-state index in [0.717, 1.165) is 17.0 Å². The maximum atomic E-state index is 13.3. The van der Waals surface area contributed by atoms with Gasteiger partial charge >= 0.3 is 0 Å². The summed E-state index contributed by atoms with van der Waals surface area (Å²) in [4.78, 5) is 32.0. The number of nitrogens with zero attached hydrogens (tertiary/aromatic N) is 2. The van der Waals surface area contributed by atoms with Crippen molar-refractivity contribution in [2.45, 2.75) is 12.5 Å². The first-order valence-corrected chi connectivity index (χ1v) is 10.4. The van der Waals surface area contributed by atoms with Crippen LogP contribution in [0, 0.1) is 11.7 Å². The minimum Gasteiger partial charge on any atom is -0.497 e. The van der Waals surface area contributed by atoms with Crippen molar-refractivity contribution in [1.82, 2.24) is 15.2 Å². The summed E-state index contributed by atoms with van der Waals surface area (Å²) in [5, 5.41) is 2.96. The molecule has 1 fully saturated rings. The van der Waals surface area contributed by atoms with Crippen molar-refractivity contribution in [1.29, 1.82) is 0 Å². The third-order valence-corrected chi connectivity index (χ3v) is 5.75. The van der Waals surface area contributed by atoms with Crippen LogP contribution in [0.3, 0.4) is 0 Å². The molecule has 7 heteroatoms. The third kappa shape index (κ3) is 4.77. The highest BCUT2D eigenvalue weighted by atomic mass is 19.1. The number of aromatic nitrogens is 1. The molecule has 1 aliphatic heterocycles. The first-order valence-electron chi connectivity index (χ1n) is 10.4. The number of halogens is 1. The number of ether oxygens (including phenoxy) is 1. The number of hydrogen-bond donors (Lipinski definition) is 1. The highest BCUT2D eigenvalue weighted by Gasteiger charge is 2.40. The molecule has 0 bridgehead atoms. The number of nitrogens with one attached hydrogen (secondary N) is 1. The zero-order valence-corrected chi connectivity index (χ0v) is 17.7. The van der Waals surface area contributed by atoms with Gasteiger partial charge in [-0.05, 0) is 54.1 Å². The summed E-state index contributed by atoms with van der Waals surface area (Å²) in [6.45, 7) is 0.989. The molecule has 3 aromatic rings. The van der Waals surface area contributed by atoms with Crippen molar-refractivity contribution in [2.24, 2.45) is 5.92 Å². The summed E-state index contributed by atoms with van der Waals surface area (Å²) in [6, 6.07) is 18.5. The van der Waals surface area contributed by atoms with Crippen molar-refractivity contribution in [3.63, 3.8) is 0 Å². The summed E-state index contributed by atoms with van der Waals surface area (Å²) >= 11 is 0. The summed E-state index contributed by atoms with van der Waals surface area (Å²) < 4.78 is 18.5. The van der Waals surface area contributed by atoms with E-state index in [1.165, 1.54) is 24.3 Å². The van der Waals surface area contributed by atoms with Crippen molar-refractivity contribution in [3.8, 4) is 5.75 Å². The van der Waals surface area contributed by atoms with Crippen LogP contribution < -0.4 is 10.1 Å². The van der Waals surface area contributed by atoms with Gasteiger partial charge in [0.05, 0.1) is 25.3 Å². The zero-order chi connectivity index (χ0) is 22.5. The first-order chi connectivity index (χ1) is 15.5. The molecule has 0 radical (unpaired) electrons. The number of rotatable bonds is 6. The van der Waals surface area contributed by atoms with Crippen LogP contribution in [0.2, 0.25) is 0 Å². The molecular weight excluding hydrogens is 409 g/mol. The van der Waals surface area contributed by atoms with E-state index < -0.39 is 11.7 Å². The van der Waals surface area contributed by atoms with E-state index in [4.69, 9.17) is 4.74 Å². The van der Waals surface area contributed by atoms with Crippen LogP contribution >= 0.6 is 0 Å². The van der Waals surface area contributed by atoms with Gasteiger partial charge in [0.25, 0.3) is 5.91 Å². The van der Waals surface area contributed by atoms with Gasteiger partial charge in [-0.1, -0.05) is 18.2 Å². The monoisotopic (exact) mass is 433 g/mol. The van der Waals surface area contributed by atoms with Crippen molar-refractivity contribution < 1.29 is 18.7 Å². The van der Waals surface area contributed by atoms with E-state index in [1.54, 1.807) is 18.2 Å². The SMILES string of the molecule is COc1ccc(C2CN(C(=O)c3ccc(F)cc3)CC2C(=O)NCc2ccccn2)cc1. The molecule has 1 aromatic heterocycles. The van der Waals surface area contributed by atoms with E-state index in [-0.39, 0.29) is 24.3 Å². The van der Waals surface area contributed by atoms with Crippen LogP contribution in [0.5, 0.6) is 5.75 Å². The van der Waals surface area contributed by atoms with Crippen LogP contribution in [-0.4, -0.2) is 41.9 Å². The second kappa shape index (κ2) is 9.60. The smallest absolute Gasteiger partial charge is 0.253 e. The van der Waals surface area contributed by atoms with Gasteiger partial charge in [0.1, 0.15) is 11.6 Å². The molecule has 1 aliphatic rings. The topological polar surface area (TPSA) is 71.5 Å². The normalized spacial score (nSPS) is 17.8. The van der Waals surface area contributed by atoms with Gasteiger partial charge in [-0.2, -0.15) is 0 Å². The zero-order valence-electron chi connectivity index (χ0n) is 17.7. The fraction of sp³-hybridized carbons (Fsp3) is 0.240. The molecule has 6 nitrogen and oxygen atoms in total. The Morgan fingerprint density at radius 1 is 1.06 bits per heavy atom. The van der Waals surface area contributed by atoms with E-state index >= 15 is 0 Å². The van der Waals surface area contributed by atoms with Crippen LogP contribution in [0.4, 0.5) is 4.39 Å².